The first-order chi connectivity index (χ1) is 9.79. The van der Waals surface area contributed by atoms with Crippen molar-refractivity contribution >= 4 is 35.0 Å². The molecule has 1 aromatic rings. The molecule has 0 aliphatic heterocycles. The highest BCUT2D eigenvalue weighted by molar-refractivity contribution is 7.14. The Kier molecular flexibility index (Phi) is 6.04. The van der Waals surface area contributed by atoms with Crippen molar-refractivity contribution in [1.29, 1.82) is 0 Å². The molecule has 1 heterocycles. The number of primary amides is 1. The molecular formula is C13H16N2O5S. The summed E-state index contributed by atoms with van der Waals surface area (Å²) in [7, 11) is 0. The molecule has 1 atom stereocenters. The quantitative estimate of drug-likeness (QED) is 0.604. The Morgan fingerprint density at radius 1 is 1.29 bits per heavy atom. The van der Waals surface area contributed by atoms with E-state index in [1.54, 1.807) is 11.4 Å². The molecule has 0 saturated heterocycles. The third kappa shape index (κ3) is 5.74. The molecule has 0 aliphatic rings. The molecule has 0 aromatic carbocycles. The van der Waals surface area contributed by atoms with Gasteiger partial charge in [-0.1, -0.05) is 0 Å². The summed E-state index contributed by atoms with van der Waals surface area (Å²) in [6.45, 7) is 3.19. The Balaban J connectivity index is 2.38. The van der Waals surface area contributed by atoms with Crippen LogP contribution in [0.15, 0.2) is 12.1 Å². The fourth-order valence-corrected chi connectivity index (χ4v) is 2.29. The summed E-state index contributed by atoms with van der Waals surface area (Å²) >= 11 is 1.36. The first-order valence-electron chi connectivity index (χ1n) is 6.19. The number of nitrogens with one attached hydrogen (secondary N) is 1. The molecule has 1 rings (SSSR count). The summed E-state index contributed by atoms with van der Waals surface area (Å²) in [5.74, 6) is -1.65. The second-order valence-corrected chi connectivity index (χ2v) is 5.61. The van der Waals surface area contributed by atoms with Crippen LogP contribution in [0.25, 0.3) is 0 Å². The molecule has 0 radical (unpaired) electrons. The Labute approximate surface area is 125 Å². The van der Waals surface area contributed by atoms with Gasteiger partial charge in [-0.3, -0.25) is 19.7 Å². The van der Waals surface area contributed by atoms with Gasteiger partial charge in [0, 0.05) is 11.3 Å². The maximum Gasteiger partial charge on any atom is 0.318 e. The fourth-order valence-electron chi connectivity index (χ4n) is 1.46. The van der Waals surface area contributed by atoms with Crippen molar-refractivity contribution in [1.82, 2.24) is 5.32 Å². The van der Waals surface area contributed by atoms with E-state index in [1.807, 2.05) is 13.0 Å². The number of carbonyl (C=O) groups is 4. The van der Waals surface area contributed by atoms with Gasteiger partial charge < -0.3 is 10.5 Å². The molecular weight excluding hydrogens is 296 g/mol. The van der Waals surface area contributed by atoms with Crippen LogP contribution in [0.1, 0.15) is 34.3 Å². The molecule has 1 aromatic heterocycles. The Morgan fingerprint density at radius 2 is 1.95 bits per heavy atom. The van der Waals surface area contributed by atoms with Gasteiger partial charge in [0.1, 0.15) is 0 Å². The number of hydrogen-bond acceptors (Lipinski definition) is 6. The molecule has 3 amide bonds. The van der Waals surface area contributed by atoms with Crippen LogP contribution in [-0.2, 0) is 14.3 Å². The van der Waals surface area contributed by atoms with E-state index in [9.17, 15) is 19.2 Å². The highest BCUT2D eigenvalue weighted by Crippen LogP contribution is 2.17. The van der Waals surface area contributed by atoms with Gasteiger partial charge in [0.2, 0.25) is 0 Å². The maximum absolute atomic E-state index is 11.8. The minimum atomic E-state index is -1.15. The molecule has 114 valence electrons. The first kappa shape index (κ1) is 16.8. The van der Waals surface area contributed by atoms with Crippen LogP contribution >= 0.6 is 11.3 Å². The summed E-state index contributed by atoms with van der Waals surface area (Å²) in [5.41, 5.74) is 4.77. The van der Waals surface area contributed by atoms with E-state index in [4.69, 9.17) is 10.5 Å². The Bertz CT molecular complexity index is 567. The van der Waals surface area contributed by atoms with Gasteiger partial charge in [0.15, 0.2) is 11.9 Å². The van der Waals surface area contributed by atoms with Crippen molar-refractivity contribution < 1.29 is 23.9 Å². The molecule has 0 spiro atoms. The molecule has 7 nitrogen and oxygen atoms in total. The standard InChI is InChI=1S/C13H16N2O5S/c1-7-3-5-10(21-7)9(16)4-6-11(17)20-8(2)12(18)15-13(14)19/h3,5,8H,4,6H2,1-2H3,(H3,14,15,18,19)/t8-/m1/s1. The number of imide groups is 1. The number of thiophene rings is 1. The molecule has 8 heteroatoms. The van der Waals surface area contributed by atoms with Crippen molar-refractivity contribution in [3.05, 3.63) is 21.9 Å². The lowest BCUT2D eigenvalue weighted by Gasteiger charge is -2.11. The predicted molar refractivity (Wildman–Crippen MR) is 75.9 cm³/mol. The molecule has 0 unspecified atom stereocenters. The summed E-state index contributed by atoms with van der Waals surface area (Å²) in [5, 5.41) is 1.80. The van der Waals surface area contributed by atoms with Gasteiger partial charge >= 0.3 is 12.0 Å². The van der Waals surface area contributed by atoms with E-state index in [-0.39, 0.29) is 18.6 Å². The number of Topliss-reactive ketones (excluding diaryl/α,β-unsaturated/α-hetero) is 1. The van der Waals surface area contributed by atoms with Crippen molar-refractivity contribution in [2.45, 2.75) is 32.8 Å². The largest absolute Gasteiger partial charge is 0.453 e. The van der Waals surface area contributed by atoms with Gasteiger partial charge in [0.05, 0.1) is 11.3 Å². The molecule has 3 N–H and O–H groups in total. The monoisotopic (exact) mass is 312 g/mol. The average Bonchev–Trinajstić information content (AvgIpc) is 2.81. The number of urea groups is 1. The summed E-state index contributed by atoms with van der Waals surface area (Å²) in [6.07, 6.45) is -1.28. The highest BCUT2D eigenvalue weighted by Gasteiger charge is 2.19. The van der Waals surface area contributed by atoms with Crippen molar-refractivity contribution in [3.8, 4) is 0 Å². The summed E-state index contributed by atoms with van der Waals surface area (Å²) < 4.78 is 4.80. The second-order valence-electron chi connectivity index (χ2n) is 4.32. The molecule has 0 fully saturated rings. The van der Waals surface area contributed by atoms with Gasteiger partial charge in [-0.15, -0.1) is 11.3 Å². The molecule has 0 aliphatic carbocycles. The van der Waals surface area contributed by atoms with Gasteiger partial charge in [0.25, 0.3) is 5.91 Å². The summed E-state index contributed by atoms with van der Waals surface area (Å²) in [6, 6.07) is 2.51. The topological polar surface area (TPSA) is 116 Å². The molecule has 0 bridgehead atoms. The van der Waals surface area contributed by atoms with E-state index in [0.717, 1.165) is 4.88 Å². The summed E-state index contributed by atoms with van der Waals surface area (Å²) in [4.78, 5) is 46.7. The number of aryl methyl sites for hydroxylation is 1. The van der Waals surface area contributed by atoms with Crippen molar-refractivity contribution in [2.75, 3.05) is 0 Å². The van der Waals surface area contributed by atoms with Gasteiger partial charge in [-0.2, -0.15) is 0 Å². The van der Waals surface area contributed by atoms with Crippen LogP contribution in [0.2, 0.25) is 0 Å². The lowest BCUT2D eigenvalue weighted by atomic mass is 10.2. The Hall–Kier alpha value is -2.22. The van der Waals surface area contributed by atoms with Crippen LogP contribution in [0, 0.1) is 6.92 Å². The smallest absolute Gasteiger partial charge is 0.318 e. The van der Waals surface area contributed by atoms with E-state index in [2.05, 4.69) is 0 Å². The predicted octanol–water partition coefficient (Wildman–Crippen LogP) is 1.15. The number of hydrogen-bond donors (Lipinski definition) is 2. The highest BCUT2D eigenvalue weighted by atomic mass is 32.1. The third-order valence-corrected chi connectivity index (χ3v) is 3.54. The molecule has 21 heavy (non-hydrogen) atoms. The van der Waals surface area contributed by atoms with Crippen LogP contribution in [-0.4, -0.2) is 29.8 Å². The van der Waals surface area contributed by atoms with Crippen LogP contribution in [0.5, 0.6) is 0 Å². The van der Waals surface area contributed by atoms with Crippen molar-refractivity contribution in [2.24, 2.45) is 5.73 Å². The minimum Gasteiger partial charge on any atom is -0.453 e. The molecule has 0 saturated carbocycles. The SMILES string of the molecule is Cc1ccc(C(=O)CCC(=O)O[C@H](C)C(=O)NC(N)=O)s1. The first-order valence-corrected chi connectivity index (χ1v) is 7.00. The lowest BCUT2D eigenvalue weighted by Crippen LogP contribution is -2.42. The normalized spacial score (nSPS) is 11.5. The van der Waals surface area contributed by atoms with E-state index in [1.165, 1.54) is 18.3 Å². The van der Waals surface area contributed by atoms with E-state index in [0.29, 0.717) is 4.88 Å². The zero-order valence-corrected chi connectivity index (χ0v) is 12.5. The van der Waals surface area contributed by atoms with Gasteiger partial charge in [-0.05, 0) is 26.0 Å². The van der Waals surface area contributed by atoms with E-state index >= 15 is 0 Å². The lowest BCUT2D eigenvalue weighted by molar-refractivity contribution is -0.154. The Morgan fingerprint density at radius 3 is 2.48 bits per heavy atom. The number of rotatable bonds is 6. The second kappa shape index (κ2) is 7.53. The minimum absolute atomic E-state index is 0.00292. The van der Waals surface area contributed by atoms with E-state index < -0.39 is 24.0 Å². The van der Waals surface area contributed by atoms with Crippen molar-refractivity contribution in [3.63, 3.8) is 0 Å². The zero-order valence-electron chi connectivity index (χ0n) is 11.7. The van der Waals surface area contributed by atoms with Gasteiger partial charge in [-0.25, -0.2) is 4.79 Å². The van der Waals surface area contributed by atoms with Crippen LogP contribution < -0.4 is 11.1 Å². The maximum atomic E-state index is 11.8. The average molecular weight is 312 g/mol. The third-order valence-electron chi connectivity index (χ3n) is 2.50. The number of esters is 1. The number of ketones is 1. The number of carbonyl (C=O) groups excluding carboxylic acids is 4. The van der Waals surface area contributed by atoms with Crippen LogP contribution in [0.4, 0.5) is 4.79 Å². The van der Waals surface area contributed by atoms with Crippen LogP contribution in [0.3, 0.4) is 0 Å². The number of amides is 3. The number of ether oxygens (including phenoxy) is 1. The zero-order chi connectivity index (χ0) is 16.0. The number of nitrogens with two attached hydrogens (primary N) is 1. The fraction of sp³-hybridized carbons (Fsp3) is 0.385.